The highest BCUT2D eigenvalue weighted by molar-refractivity contribution is 6.30. The van der Waals surface area contributed by atoms with E-state index in [-0.39, 0.29) is 18.3 Å². The molecule has 3 rings (SSSR count). The SMILES string of the molecule is Cc1nc([N+](=O)[O-])cn1CC(=O)Nc1ccnn1-c1cccc(Cl)c1. The van der Waals surface area contributed by atoms with Crippen LogP contribution in [0.5, 0.6) is 0 Å². The Morgan fingerprint density at radius 3 is 2.88 bits per heavy atom. The van der Waals surface area contributed by atoms with Gasteiger partial charge in [-0.15, -0.1) is 0 Å². The zero-order valence-electron chi connectivity index (χ0n) is 13.1. The van der Waals surface area contributed by atoms with E-state index in [1.54, 1.807) is 43.5 Å². The number of carbonyl (C=O) groups excluding carboxylic acids is 1. The first-order valence-electron chi connectivity index (χ1n) is 7.22. The second-order valence-corrected chi connectivity index (χ2v) is 5.62. The summed E-state index contributed by atoms with van der Waals surface area (Å²) in [6.07, 6.45) is 2.77. The van der Waals surface area contributed by atoms with Crippen molar-refractivity contribution in [2.75, 3.05) is 5.32 Å². The molecular weight excluding hydrogens is 348 g/mol. The highest BCUT2D eigenvalue weighted by Crippen LogP contribution is 2.18. The number of aromatic nitrogens is 4. The highest BCUT2D eigenvalue weighted by Gasteiger charge is 2.17. The van der Waals surface area contributed by atoms with Crippen LogP contribution in [-0.2, 0) is 11.3 Å². The molecule has 0 bridgehead atoms. The first-order valence-corrected chi connectivity index (χ1v) is 7.60. The maximum absolute atomic E-state index is 12.3. The van der Waals surface area contributed by atoms with E-state index in [4.69, 9.17) is 11.6 Å². The van der Waals surface area contributed by atoms with Crippen LogP contribution in [0.2, 0.25) is 5.02 Å². The zero-order valence-corrected chi connectivity index (χ0v) is 13.8. The highest BCUT2D eigenvalue weighted by atomic mass is 35.5. The number of amides is 1. The normalized spacial score (nSPS) is 10.6. The van der Waals surface area contributed by atoms with Gasteiger partial charge in [-0.3, -0.25) is 9.36 Å². The van der Waals surface area contributed by atoms with Crippen molar-refractivity contribution in [2.45, 2.75) is 13.5 Å². The lowest BCUT2D eigenvalue weighted by Gasteiger charge is -2.09. The van der Waals surface area contributed by atoms with Crippen molar-refractivity contribution >= 4 is 29.1 Å². The summed E-state index contributed by atoms with van der Waals surface area (Å²) in [7, 11) is 0. The number of nitrogens with zero attached hydrogens (tertiary/aromatic N) is 5. The first-order chi connectivity index (χ1) is 11.9. The number of hydrogen-bond donors (Lipinski definition) is 1. The number of rotatable bonds is 5. The van der Waals surface area contributed by atoms with E-state index < -0.39 is 4.92 Å². The molecule has 0 saturated carbocycles. The van der Waals surface area contributed by atoms with Gasteiger partial charge in [0.25, 0.3) is 0 Å². The number of nitro groups is 1. The third kappa shape index (κ3) is 3.66. The number of nitrogens with one attached hydrogen (secondary N) is 1. The number of imidazole rings is 1. The number of aryl methyl sites for hydroxylation is 1. The van der Waals surface area contributed by atoms with Crippen LogP contribution < -0.4 is 5.32 Å². The average molecular weight is 361 g/mol. The van der Waals surface area contributed by atoms with Crippen molar-refractivity contribution in [1.82, 2.24) is 19.3 Å². The fraction of sp³-hybridized carbons (Fsp3) is 0.133. The molecule has 9 nitrogen and oxygen atoms in total. The van der Waals surface area contributed by atoms with E-state index in [0.717, 1.165) is 0 Å². The summed E-state index contributed by atoms with van der Waals surface area (Å²) in [5.74, 6) is 0.179. The Kier molecular flexibility index (Phi) is 4.48. The van der Waals surface area contributed by atoms with Gasteiger partial charge in [-0.2, -0.15) is 5.10 Å². The second kappa shape index (κ2) is 6.73. The standard InChI is InChI=1S/C15H13ClN6O3/c1-10-18-14(22(24)25)8-20(10)9-15(23)19-13-5-6-17-21(13)12-4-2-3-11(16)7-12/h2-8H,9H2,1H3,(H,19,23). The quantitative estimate of drug-likeness (QED) is 0.555. The number of benzene rings is 1. The van der Waals surface area contributed by atoms with E-state index in [0.29, 0.717) is 22.4 Å². The molecule has 25 heavy (non-hydrogen) atoms. The zero-order chi connectivity index (χ0) is 18.0. The fourth-order valence-electron chi connectivity index (χ4n) is 2.29. The van der Waals surface area contributed by atoms with E-state index in [1.807, 2.05) is 0 Å². The van der Waals surface area contributed by atoms with Crippen LogP contribution in [0.25, 0.3) is 5.69 Å². The number of hydrogen-bond acceptors (Lipinski definition) is 5. The molecule has 1 amide bonds. The Balaban J connectivity index is 1.76. The van der Waals surface area contributed by atoms with Crippen molar-refractivity contribution in [2.24, 2.45) is 0 Å². The van der Waals surface area contributed by atoms with E-state index in [1.165, 1.54) is 15.4 Å². The summed E-state index contributed by atoms with van der Waals surface area (Å²) >= 11 is 5.98. The number of anilines is 1. The van der Waals surface area contributed by atoms with Crippen molar-refractivity contribution in [3.05, 3.63) is 63.7 Å². The van der Waals surface area contributed by atoms with Gasteiger partial charge in [-0.1, -0.05) is 17.7 Å². The molecule has 0 saturated heterocycles. The summed E-state index contributed by atoms with van der Waals surface area (Å²) in [5.41, 5.74) is 0.697. The van der Waals surface area contributed by atoms with Crippen LogP contribution in [-0.4, -0.2) is 30.2 Å². The molecule has 0 aliphatic heterocycles. The topological polar surface area (TPSA) is 108 Å². The van der Waals surface area contributed by atoms with Gasteiger partial charge >= 0.3 is 5.82 Å². The molecule has 0 unspecified atom stereocenters. The van der Waals surface area contributed by atoms with Crippen LogP contribution in [0, 0.1) is 17.0 Å². The molecule has 1 N–H and O–H groups in total. The fourth-order valence-corrected chi connectivity index (χ4v) is 2.47. The molecule has 0 atom stereocenters. The third-order valence-electron chi connectivity index (χ3n) is 3.43. The molecule has 0 aliphatic carbocycles. The molecule has 128 valence electrons. The minimum Gasteiger partial charge on any atom is -0.358 e. The summed E-state index contributed by atoms with van der Waals surface area (Å²) in [6.45, 7) is 1.49. The maximum atomic E-state index is 12.3. The lowest BCUT2D eigenvalue weighted by molar-refractivity contribution is -0.389. The molecule has 0 aliphatic rings. The lowest BCUT2D eigenvalue weighted by atomic mass is 10.3. The van der Waals surface area contributed by atoms with E-state index in [9.17, 15) is 14.9 Å². The number of carbonyl (C=O) groups is 1. The van der Waals surface area contributed by atoms with Crippen molar-refractivity contribution in [3.63, 3.8) is 0 Å². The molecule has 2 heterocycles. The van der Waals surface area contributed by atoms with Crippen molar-refractivity contribution in [3.8, 4) is 5.69 Å². The summed E-state index contributed by atoms with van der Waals surface area (Å²) in [5, 5.41) is 18.2. The van der Waals surface area contributed by atoms with Crippen LogP contribution in [0.4, 0.5) is 11.6 Å². The Morgan fingerprint density at radius 2 is 2.20 bits per heavy atom. The first kappa shape index (κ1) is 16.7. The van der Waals surface area contributed by atoms with Gasteiger partial charge in [-0.25, -0.2) is 4.68 Å². The largest absolute Gasteiger partial charge is 0.381 e. The predicted molar refractivity (Wildman–Crippen MR) is 90.8 cm³/mol. The molecule has 0 fully saturated rings. The summed E-state index contributed by atoms with van der Waals surface area (Å²) in [4.78, 5) is 26.2. The number of halogens is 1. The van der Waals surface area contributed by atoms with Crippen LogP contribution in [0.3, 0.4) is 0 Å². The van der Waals surface area contributed by atoms with Crippen molar-refractivity contribution in [1.29, 1.82) is 0 Å². The van der Waals surface area contributed by atoms with E-state index >= 15 is 0 Å². The molecule has 1 aromatic carbocycles. The molecule has 2 aromatic heterocycles. The lowest BCUT2D eigenvalue weighted by Crippen LogP contribution is -2.20. The monoisotopic (exact) mass is 360 g/mol. The smallest absolute Gasteiger partial charge is 0.358 e. The minimum absolute atomic E-state index is 0.104. The van der Waals surface area contributed by atoms with Crippen LogP contribution >= 0.6 is 11.6 Å². The van der Waals surface area contributed by atoms with Gasteiger partial charge < -0.3 is 15.4 Å². The second-order valence-electron chi connectivity index (χ2n) is 5.19. The van der Waals surface area contributed by atoms with Crippen LogP contribution in [0.1, 0.15) is 5.82 Å². The van der Waals surface area contributed by atoms with Gasteiger partial charge in [0.15, 0.2) is 0 Å². The summed E-state index contributed by atoms with van der Waals surface area (Å²) in [6, 6.07) is 8.67. The molecule has 0 spiro atoms. The van der Waals surface area contributed by atoms with Gasteiger partial charge in [0.1, 0.15) is 18.6 Å². The Hall–Kier alpha value is -3.20. The molecule has 3 aromatic rings. The van der Waals surface area contributed by atoms with Gasteiger partial charge in [-0.05, 0) is 28.1 Å². The summed E-state index contributed by atoms with van der Waals surface area (Å²) < 4.78 is 2.94. The third-order valence-corrected chi connectivity index (χ3v) is 3.66. The Bertz CT molecular complexity index is 948. The van der Waals surface area contributed by atoms with E-state index in [2.05, 4.69) is 15.4 Å². The molecule has 10 heteroatoms. The minimum atomic E-state index is -0.602. The Labute approximate surface area is 147 Å². The molecular formula is C15H13ClN6O3. The predicted octanol–water partition coefficient (Wildman–Crippen LogP) is 2.58. The van der Waals surface area contributed by atoms with Gasteiger partial charge in [0, 0.05) is 18.0 Å². The molecule has 0 radical (unpaired) electrons. The Morgan fingerprint density at radius 1 is 1.40 bits per heavy atom. The van der Waals surface area contributed by atoms with Crippen LogP contribution in [0.15, 0.2) is 42.7 Å². The average Bonchev–Trinajstić information content (AvgIpc) is 3.15. The van der Waals surface area contributed by atoms with Crippen molar-refractivity contribution < 1.29 is 9.72 Å². The maximum Gasteiger partial charge on any atom is 0.381 e. The van der Waals surface area contributed by atoms with Gasteiger partial charge in [0.05, 0.1) is 11.9 Å². The van der Waals surface area contributed by atoms with Gasteiger partial charge in [0.2, 0.25) is 11.7 Å².